The Kier molecular flexibility index (Phi) is 5.83. The lowest BCUT2D eigenvalue weighted by atomic mass is 9.78. The molecule has 0 aliphatic heterocycles. The molecule has 0 heterocycles. The fourth-order valence-electron chi connectivity index (χ4n) is 2.02. The smallest absolute Gasteiger partial charge is 0.0408 e. The number of rotatable bonds is 5. The summed E-state index contributed by atoms with van der Waals surface area (Å²) in [6, 6.07) is 8.19. The van der Waals surface area contributed by atoms with Crippen molar-refractivity contribution in [2.75, 3.05) is 10.7 Å². The van der Waals surface area contributed by atoms with Crippen molar-refractivity contribution in [3.63, 3.8) is 0 Å². The Hall–Kier alpha value is 0.470. The molecule has 16 heavy (non-hydrogen) atoms. The first-order valence-corrected chi connectivity index (χ1v) is 8.04. The zero-order chi connectivity index (χ0) is 12.2. The van der Waals surface area contributed by atoms with E-state index in [4.69, 9.17) is 11.6 Å². The van der Waals surface area contributed by atoms with Crippen LogP contribution in [0.2, 0.25) is 5.02 Å². The molecule has 1 rings (SSSR count). The summed E-state index contributed by atoms with van der Waals surface area (Å²) in [6.45, 7) is 4.51. The molecule has 0 nitrogen and oxygen atoms in total. The zero-order valence-electron chi connectivity index (χ0n) is 9.64. The maximum absolute atomic E-state index is 6.07. The highest BCUT2D eigenvalue weighted by atomic mass is 79.9. The Labute approximate surface area is 120 Å². The van der Waals surface area contributed by atoms with Crippen LogP contribution in [0.5, 0.6) is 0 Å². The average molecular weight is 369 g/mol. The number of halogens is 3. The Balaban J connectivity index is 3.09. The molecule has 1 aromatic rings. The summed E-state index contributed by atoms with van der Waals surface area (Å²) in [5.41, 5.74) is 1.45. The lowest BCUT2D eigenvalue weighted by molar-refractivity contribution is 0.417. The lowest BCUT2D eigenvalue weighted by Gasteiger charge is -2.32. The molecule has 0 saturated heterocycles. The predicted octanol–water partition coefficient (Wildman–Crippen LogP) is 5.41. The van der Waals surface area contributed by atoms with Crippen LogP contribution >= 0.6 is 43.5 Å². The van der Waals surface area contributed by atoms with Crippen molar-refractivity contribution in [3.05, 3.63) is 34.9 Å². The van der Waals surface area contributed by atoms with Crippen LogP contribution in [0.4, 0.5) is 0 Å². The highest BCUT2D eigenvalue weighted by molar-refractivity contribution is 9.09. The number of benzene rings is 1. The second-order valence-corrected chi connectivity index (χ2v) is 6.21. The van der Waals surface area contributed by atoms with Crippen LogP contribution in [0.25, 0.3) is 0 Å². The Morgan fingerprint density at radius 3 is 2.31 bits per heavy atom. The summed E-state index contributed by atoms with van der Waals surface area (Å²) in [5, 5.41) is 2.71. The van der Waals surface area contributed by atoms with Crippen molar-refractivity contribution >= 4 is 43.5 Å². The van der Waals surface area contributed by atoms with Crippen LogP contribution < -0.4 is 0 Å². The Morgan fingerprint density at radius 1 is 1.25 bits per heavy atom. The molecule has 0 aliphatic rings. The van der Waals surface area contributed by atoms with Gasteiger partial charge in [-0.05, 0) is 30.0 Å². The Bertz CT molecular complexity index is 332. The maximum Gasteiger partial charge on any atom is 0.0408 e. The molecule has 3 heteroatoms. The number of hydrogen-bond acceptors (Lipinski definition) is 0. The molecule has 0 aliphatic carbocycles. The van der Waals surface area contributed by atoms with Gasteiger partial charge in [-0.3, -0.25) is 0 Å². The molecule has 1 aromatic carbocycles. The van der Waals surface area contributed by atoms with E-state index in [2.05, 4.69) is 57.8 Å². The molecule has 0 aromatic heterocycles. The van der Waals surface area contributed by atoms with Gasteiger partial charge in [0.15, 0.2) is 0 Å². The monoisotopic (exact) mass is 366 g/mol. The molecule has 0 fully saturated rings. The predicted molar refractivity (Wildman–Crippen MR) is 80.2 cm³/mol. The van der Waals surface area contributed by atoms with Crippen molar-refractivity contribution in [2.45, 2.75) is 25.7 Å². The van der Waals surface area contributed by atoms with Gasteiger partial charge < -0.3 is 0 Å². The van der Waals surface area contributed by atoms with Crippen molar-refractivity contribution in [3.8, 4) is 0 Å². The van der Waals surface area contributed by atoms with Gasteiger partial charge in [0, 0.05) is 21.1 Å². The van der Waals surface area contributed by atoms with Gasteiger partial charge in [0.25, 0.3) is 0 Å². The van der Waals surface area contributed by atoms with Gasteiger partial charge >= 0.3 is 0 Å². The third kappa shape index (κ3) is 3.48. The van der Waals surface area contributed by atoms with E-state index in [9.17, 15) is 0 Å². The minimum absolute atomic E-state index is 0.138. The molecular formula is C13H17Br2Cl. The van der Waals surface area contributed by atoms with Crippen molar-refractivity contribution < 1.29 is 0 Å². The molecule has 0 saturated carbocycles. The quantitative estimate of drug-likeness (QED) is 0.609. The van der Waals surface area contributed by atoms with Crippen molar-refractivity contribution in [2.24, 2.45) is 5.92 Å². The van der Waals surface area contributed by atoms with E-state index < -0.39 is 0 Å². The SMILES string of the molecule is CC(C)CC(CBr)(CBr)c1cccc(Cl)c1. The minimum atomic E-state index is 0.138. The third-order valence-electron chi connectivity index (χ3n) is 2.75. The van der Waals surface area contributed by atoms with E-state index in [1.54, 1.807) is 0 Å². The molecule has 0 N–H and O–H groups in total. The van der Waals surface area contributed by atoms with Gasteiger partial charge in [-0.15, -0.1) is 0 Å². The second-order valence-electron chi connectivity index (χ2n) is 4.66. The first-order chi connectivity index (χ1) is 7.54. The third-order valence-corrected chi connectivity index (χ3v) is 5.13. The fourth-order valence-corrected chi connectivity index (χ4v) is 4.24. The summed E-state index contributed by atoms with van der Waals surface area (Å²) < 4.78 is 0. The largest absolute Gasteiger partial charge is 0.0918 e. The van der Waals surface area contributed by atoms with E-state index in [0.717, 1.165) is 22.1 Å². The van der Waals surface area contributed by atoms with Crippen LogP contribution in [0.1, 0.15) is 25.8 Å². The van der Waals surface area contributed by atoms with Crippen LogP contribution in [0.3, 0.4) is 0 Å². The van der Waals surface area contributed by atoms with Gasteiger partial charge in [-0.2, -0.15) is 0 Å². The highest BCUT2D eigenvalue weighted by Crippen LogP contribution is 2.36. The zero-order valence-corrected chi connectivity index (χ0v) is 13.6. The number of hydrogen-bond donors (Lipinski definition) is 0. The number of alkyl halides is 2. The second kappa shape index (κ2) is 6.42. The van der Waals surface area contributed by atoms with Crippen molar-refractivity contribution in [1.29, 1.82) is 0 Å². The standard InChI is InChI=1S/C13H17Br2Cl/c1-10(2)7-13(8-14,9-15)11-4-3-5-12(16)6-11/h3-6,10H,7-9H2,1-2H3. The van der Waals surface area contributed by atoms with Crippen LogP contribution in [0, 0.1) is 5.92 Å². The summed E-state index contributed by atoms with van der Waals surface area (Å²) in [5.74, 6) is 0.661. The van der Waals surface area contributed by atoms with Gasteiger partial charge in [-0.1, -0.05) is 69.4 Å². The summed E-state index contributed by atoms with van der Waals surface area (Å²) >= 11 is 13.4. The van der Waals surface area contributed by atoms with Crippen molar-refractivity contribution in [1.82, 2.24) is 0 Å². The lowest BCUT2D eigenvalue weighted by Crippen LogP contribution is -2.32. The van der Waals surface area contributed by atoms with E-state index in [0.29, 0.717) is 5.92 Å². The molecule has 0 spiro atoms. The van der Waals surface area contributed by atoms with Gasteiger partial charge in [0.05, 0.1) is 0 Å². The van der Waals surface area contributed by atoms with E-state index in [-0.39, 0.29) is 5.41 Å². The van der Waals surface area contributed by atoms with Crippen LogP contribution in [-0.2, 0) is 5.41 Å². The molecule has 0 radical (unpaired) electrons. The molecule has 0 unspecified atom stereocenters. The summed E-state index contributed by atoms with van der Waals surface area (Å²) in [6.07, 6.45) is 1.14. The van der Waals surface area contributed by atoms with E-state index in [1.165, 1.54) is 5.56 Å². The van der Waals surface area contributed by atoms with Gasteiger partial charge in [0.1, 0.15) is 0 Å². The summed E-state index contributed by atoms with van der Waals surface area (Å²) in [7, 11) is 0. The maximum atomic E-state index is 6.07. The average Bonchev–Trinajstić information content (AvgIpc) is 2.25. The molecule has 0 amide bonds. The first-order valence-electron chi connectivity index (χ1n) is 5.42. The van der Waals surface area contributed by atoms with Gasteiger partial charge in [0.2, 0.25) is 0 Å². The fraction of sp³-hybridized carbons (Fsp3) is 0.538. The van der Waals surface area contributed by atoms with Crippen LogP contribution in [-0.4, -0.2) is 10.7 Å². The summed E-state index contributed by atoms with van der Waals surface area (Å²) in [4.78, 5) is 0. The molecular weight excluding hydrogens is 351 g/mol. The Morgan fingerprint density at radius 2 is 1.88 bits per heavy atom. The van der Waals surface area contributed by atoms with Crippen LogP contribution in [0.15, 0.2) is 24.3 Å². The molecule has 90 valence electrons. The first kappa shape index (κ1) is 14.5. The molecule has 0 bridgehead atoms. The topological polar surface area (TPSA) is 0 Å². The van der Waals surface area contributed by atoms with Gasteiger partial charge in [-0.25, -0.2) is 0 Å². The highest BCUT2D eigenvalue weighted by Gasteiger charge is 2.31. The van der Waals surface area contributed by atoms with E-state index >= 15 is 0 Å². The molecule has 0 atom stereocenters. The normalized spacial score (nSPS) is 12.1. The van der Waals surface area contributed by atoms with E-state index in [1.807, 2.05) is 12.1 Å². The minimum Gasteiger partial charge on any atom is -0.0918 e.